The predicted octanol–water partition coefficient (Wildman–Crippen LogP) is 2.17. The van der Waals surface area contributed by atoms with Crippen LogP contribution in [0.15, 0.2) is 24.3 Å². The number of anilines is 1. The standard InChI is InChI=1S/C13H16N2O2/c1-3-11(13(16)17-2)9-15-12-6-4-10(8-14)5-7-12/h4-7,11,15H,3,9H2,1-2H3. The van der Waals surface area contributed by atoms with E-state index in [1.54, 1.807) is 12.1 Å². The molecule has 90 valence electrons. The molecule has 0 aliphatic heterocycles. The minimum absolute atomic E-state index is 0.143. The van der Waals surface area contributed by atoms with Crippen LogP contribution in [-0.4, -0.2) is 19.6 Å². The van der Waals surface area contributed by atoms with Gasteiger partial charge < -0.3 is 10.1 Å². The second-order valence-electron chi connectivity index (χ2n) is 3.70. The highest BCUT2D eigenvalue weighted by Gasteiger charge is 2.16. The molecule has 0 aromatic heterocycles. The maximum atomic E-state index is 11.4. The highest BCUT2D eigenvalue weighted by molar-refractivity contribution is 5.73. The number of hydrogen-bond acceptors (Lipinski definition) is 4. The Kier molecular flexibility index (Phi) is 5.02. The van der Waals surface area contributed by atoms with Crippen LogP contribution in [0.25, 0.3) is 0 Å². The summed E-state index contributed by atoms with van der Waals surface area (Å²) < 4.78 is 4.71. The van der Waals surface area contributed by atoms with E-state index < -0.39 is 0 Å². The van der Waals surface area contributed by atoms with Gasteiger partial charge in [-0.25, -0.2) is 0 Å². The number of nitrogens with one attached hydrogen (secondary N) is 1. The van der Waals surface area contributed by atoms with Gasteiger partial charge in [0.15, 0.2) is 0 Å². The number of ether oxygens (including phenoxy) is 1. The molecule has 0 saturated carbocycles. The van der Waals surface area contributed by atoms with E-state index in [1.807, 2.05) is 19.1 Å². The molecule has 0 bridgehead atoms. The Hall–Kier alpha value is -2.02. The van der Waals surface area contributed by atoms with Crippen molar-refractivity contribution < 1.29 is 9.53 Å². The van der Waals surface area contributed by atoms with Crippen LogP contribution in [0.3, 0.4) is 0 Å². The van der Waals surface area contributed by atoms with Crippen LogP contribution in [0.4, 0.5) is 5.69 Å². The smallest absolute Gasteiger partial charge is 0.310 e. The molecule has 17 heavy (non-hydrogen) atoms. The third-order valence-corrected chi connectivity index (χ3v) is 2.59. The highest BCUT2D eigenvalue weighted by Crippen LogP contribution is 2.11. The van der Waals surface area contributed by atoms with E-state index in [-0.39, 0.29) is 11.9 Å². The average molecular weight is 232 g/mol. The van der Waals surface area contributed by atoms with Crippen LogP contribution in [0.5, 0.6) is 0 Å². The summed E-state index contributed by atoms with van der Waals surface area (Å²) in [5, 5.41) is 11.8. The Morgan fingerprint density at radius 3 is 2.59 bits per heavy atom. The Morgan fingerprint density at radius 2 is 2.12 bits per heavy atom. The quantitative estimate of drug-likeness (QED) is 0.790. The first-order chi connectivity index (χ1) is 8.21. The monoisotopic (exact) mass is 232 g/mol. The molecule has 1 atom stereocenters. The summed E-state index contributed by atoms with van der Waals surface area (Å²) in [6.07, 6.45) is 0.732. The van der Waals surface area contributed by atoms with Crippen LogP contribution in [-0.2, 0) is 9.53 Å². The van der Waals surface area contributed by atoms with Crippen LogP contribution in [0.2, 0.25) is 0 Å². The van der Waals surface area contributed by atoms with E-state index in [9.17, 15) is 4.79 Å². The third-order valence-electron chi connectivity index (χ3n) is 2.59. The molecule has 1 N–H and O–H groups in total. The molecule has 0 heterocycles. The molecule has 0 aliphatic rings. The van der Waals surface area contributed by atoms with E-state index in [2.05, 4.69) is 11.4 Å². The zero-order valence-corrected chi connectivity index (χ0v) is 10.1. The van der Waals surface area contributed by atoms with E-state index in [4.69, 9.17) is 10.00 Å². The van der Waals surface area contributed by atoms with Gasteiger partial charge in [0.25, 0.3) is 0 Å². The van der Waals surface area contributed by atoms with E-state index in [1.165, 1.54) is 7.11 Å². The van der Waals surface area contributed by atoms with Crippen LogP contribution >= 0.6 is 0 Å². The largest absolute Gasteiger partial charge is 0.469 e. The van der Waals surface area contributed by atoms with Gasteiger partial charge in [0, 0.05) is 12.2 Å². The molecule has 1 unspecified atom stereocenters. The van der Waals surface area contributed by atoms with E-state index in [0.29, 0.717) is 12.1 Å². The second-order valence-corrected chi connectivity index (χ2v) is 3.70. The predicted molar refractivity (Wildman–Crippen MR) is 65.4 cm³/mol. The first kappa shape index (κ1) is 13.0. The normalized spacial score (nSPS) is 11.4. The van der Waals surface area contributed by atoms with Crippen molar-refractivity contribution >= 4 is 11.7 Å². The molecule has 0 radical (unpaired) electrons. The molecule has 1 rings (SSSR count). The summed E-state index contributed by atoms with van der Waals surface area (Å²) in [6, 6.07) is 9.17. The Balaban J connectivity index is 2.54. The van der Waals surface area contributed by atoms with Crippen molar-refractivity contribution in [3.05, 3.63) is 29.8 Å². The van der Waals surface area contributed by atoms with Crippen molar-refractivity contribution in [1.82, 2.24) is 0 Å². The fraction of sp³-hybridized carbons (Fsp3) is 0.385. The molecule has 0 aliphatic carbocycles. The summed E-state index contributed by atoms with van der Waals surface area (Å²) in [7, 11) is 1.40. The highest BCUT2D eigenvalue weighted by atomic mass is 16.5. The molecule has 1 aromatic carbocycles. The number of hydrogen-bond donors (Lipinski definition) is 1. The Bertz CT molecular complexity index is 406. The summed E-state index contributed by atoms with van der Waals surface area (Å²) >= 11 is 0. The fourth-order valence-electron chi connectivity index (χ4n) is 1.46. The lowest BCUT2D eigenvalue weighted by Crippen LogP contribution is -2.23. The Labute approximate surface area is 101 Å². The van der Waals surface area contributed by atoms with Gasteiger partial charge >= 0.3 is 5.97 Å². The van der Waals surface area contributed by atoms with Gasteiger partial charge in [0.05, 0.1) is 24.7 Å². The van der Waals surface area contributed by atoms with Crippen molar-refractivity contribution in [2.24, 2.45) is 5.92 Å². The average Bonchev–Trinajstić information content (AvgIpc) is 2.39. The number of carbonyl (C=O) groups is 1. The number of benzene rings is 1. The summed E-state index contributed by atoms with van der Waals surface area (Å²) in [4.78, 5) is 11.4. The Morgan fingerprint density at radius 1 is 1.47 bits per heavy atom. The maximum absolute atomic E-state index is 11.4. The molecular weight excluding hydrogens is 216 g/mol. The molecular formula is C13H16N2O2. The van der Waals surface area contributed by atoms with Crippen molar-refractivity contribution in [2.45, 2.75) is 13.3 Å². The second kappa shape index (κ2) is 6.54. The summed E-state index contributed by atoms with van der Waals surface area (Å²) in [5.41, 5.74) is 1.52. The first-order valence-corrected chi connectivity index (χ1v) is 5.53. The van der Waals surface area contributed by atoms with E-state index >= 15 is 0 Å². The molecule has 0 amide bonds. The number of rotatable bonds is 5. The zero-order valence-electron chi connectivity index (χ0n) is 10.1. The number of methoxy groups -OCH3 is 1. The number of esters is 1. The van der Waals surface area contributed by atoms with Gasteiger partial charge in [-0.2, -0.15) is 5.26 Å². The van der Waals surface area contributed by atoms with Crippen molar-refractivity contribution in [2.75, 3.05) is 19.0 Å². The number of nitriles is 1. The molecule has 1 aromatic rings. The van der Waals surface area contributed by atoms with Crippen LogP contribution in [0.1, 0.15) is 18.9 Å². The van der Waals surface area contributed by atoms with E-state index in [0.717, 1.165) is 12.1 Å². The molecule has 4 nitrogen and oxygen atoms in total. The molecule has 0 saturated heterocycles. The van der Waals surface area contributed by atoms with Crippen LogP contribution in [0, 0.1) is 17.2 Å². The lowest BCUT2D eigenvalue weighted by molar-refractivity contribution is -0.145. The van der Waals surface area contributed by atoms with Gasteiger partial charge in [0.2, 0.25) is 0 Å². The third kappa shape index (κ3) is 3.80. The molecule has 0 fully saturated rings. The van der Waals surface area contributed by atoms with Crippen molar-refractivity contribution in [1.29, 1.82) is 5.26 Å². The number of nitrogens with zero attached hydrogens (tertiary/aromatic N) is 1. The van der Waals surface area contributed by atoms with Crippen molar-refractivity contribution in [3.8, 4) is 6.07 Å². The SMILES string of the molecule is CCC(CNc1ccc(C#N)cc1)C(=O)OC. The summed E-state index contributed by atoms with van der Waals surface area (Å²) in [6.45, 7) is 2.48. The van der Waals surface area contributed by atoms with Crippen LogP contribution < -0.4 is 5.32 Å². The fourth-order valence-corrected chi connectivity index (χ4v) is 1.46. The number of carbonyl (C=O) groups excluding carboxylic acids is 1. The van der Waals surface area contributed by atoms with Gasteiger partial charge in [-0.15, -0.1) is 0 Å². The molecule has 4 heteroatoms. The minimum atomic E-state index is -0.200. The van der Waals surface area contributed by atoms with Crippen molar-refractivity contribution in [3.63, 3.8) is 0 Å². The zero-order chi connectivity index (χ0) is 12.7. The summed E-state index contributed by atoms with van der Waals surface area (Å²) in [5.74, 6) is -0.343. The first-order valence-electron chi connectivity index (χ1n) is 5.53. The molecule has 0 spiro atoms. The topological polar surface area (TPSA) is 62.1 Å². The minimum Gasteiger partial charge on any atom is -0.469 e. The lowest BCUT2D eigenvalue weighted by Gasteiger charge is -2.14. The van der Waals surface area contributed by atoms with Gasteiger partial charge in [0.1, 0.15) is 0 Å². The lowest BCUT2D eigenvalue weighted by atomic mass is 10.1. The maximum Gasteiger partial charge on any atom is 0.310 e. The van der Waals surface area contributed by atoms with Gasteiger partial charge in [-0.3, -0.25) is 4.79 Å². The van der Waals surface area contributed by atoms with Gasteiger partial charge in [-0.05, 0) is 30.7 Å². The van der Waals surface area contributed by atoms with Gasteiger partial charge in [-0.1, -0.05) is 6.92 Å².